The summed E-state index contributed by atoms with van der Waals surface area (Å²) in [7, 11) is 0. The molecule has 0 aromatic rings. The van der Waals surface area contributed by atoms with Gasteiger partial charge in [-0.2, -0.15) is 0 Å². The molecule has 0 unspecified atom stereocenters. The molecule has 0 fully saturated rings. The Bertz CT molecular complexity index is 62.7. The van der Waals surface area contributed by atoms with E-state index < -0.39 is 0 Å². The Morgan fingerprint density at radius 3 is 2.43 bits per heavy atom. The summed E-state index contributed by atoms with van der Waals surface area (Å²) >= 11 is 5.29. The second-order valence-corrected chi connectivity index (χ2v) is 1.70. The minimum absolute atomic E-state index is 0.223. The van der Waals surface area contributed by atoms with Crippen LogP contribution in [0.1, 0.15) is 12.8 Å². The summed E-state index contributed by atoms with van der Waals surface area (Å²) in [5, 5.41) is 6.72. The van der Waals surface area contributed by atoms with E-state index in [4.69, 9.17) is 22.7 Å². The van der Waals surface area contributed by atoms with Crippen LogP contribution >= 0.6 is 11.6 Å². The normalized spacial score (nSPS) is 8.71. The number of halogens is 1. The number of hydrogen-bond donors (Lipinski definition) is 2. The molecule has 0 radical (unpaired) electrons. The van der Waals surface area contributed by atoms with Crippen LogP contribution in [0.15, 0.2) is 0 Å². The van der Waals surface area contributed by atoms with Crippen molar-refractivity contribution in [2.45, 2.75) is 12.8 Å². The quantitative estimate of drug-likeness (QED) is 0.325. The average molecular weight is 121 g/mol. The molecular weight excluding hydrogens is 112 g/mol. The third kappa shape index (κ3) is 5.76. The lowest BCUT2D eigenvalue weighted by Gasteiger charge is -1.89. The van der Waals surface area contributed by atoms with Gasteiger partial charge in [-0.15, -0.1) is 11.6 Å². The Morgan fingerprint density at radius 2 is 2.29 bits per heavy atom. The van der Waals surface area contributed by atoms with E-state index in [1.165, 1.54) is 0 Å². The van der Waals surface area contributed by atoms with E-state index in [9.17, 15) is 0 Å². The monoisotopic (exact) mass is 120 g/mol. The molecule has 0 atom stereocenters. The highest BCUT2D eigenvalue weighted by atomic mass is 35.5. The van der Waals surface area contributed by atoms with Crippen molar-refractivity contribution in [3.8, 4) is 0 Å². The van der Waals surface area contributed by atoms with Crippen molar-refractivity contribution >= 4 is 17.4 Å². The molecule has 7 heavy (non-hydrogen) atoms. The molecular formula is C4H9ClN2. The lowest BCUT2D eigenvalue weighted by atomic mass is 10.3. The first-order valence-corrected chi connectivity index (χ1v) is 2.69. The second kappa shape index (κ2) is 3.93. The standard InChI is InChI=1S/C4H9ClN2/c5-3-1-2-4(6)7/h1-3H2,(H3,6,7). The van der Waals surface area contributed by atoms with Crippen LogP contribution in [0.4, 0.5) is 0 Å². The number of amidine groups is 1. The van der Waals surface area contributed by atoms with E-state index in [2.05, 4.69) is 0 Å². The van der Waals surface area contributed by atoms with Crippen molar-refractivity contribution in [1.29, 1.82) is 5.41 Å². The van der Waals surface area contributed by atoms with Crippen LogP contribution in [0, 0.1) is 5.41 Å². The van der Waals surface area contributed by atoms with Crippen LogP contribution in [0.2, 0.25) is 0 Å². The lowest BCUT2D eigenvalue weighted by molar-refractivity contribution is 0.984. The molecule has 0 aliphatic carbocycles. The predicted molar refractivity (Wildman–Crippen MR) is 31.9 cm³/mol. The van der Waals surface area contributed by atoms with Gasteiger partial charge in [-0.05, 0) is 6.42 Å². The van der Waals surface area contributed by atoms with Crippen LogP contribution in [-0.4, -0.2) is 11.7 Å². The molecule has 0 aromatic carbocycles. The summed E-state index contributed by atoms with van der Waals surface area (Å²) in [6, 6.07) is 0. The molecule has 0 spiro atoms. The molecule has 0 bridgehead atoms. The van der Waals surface area contributed by atoms with E-state index in [1.54, 1.807) is 0 Å². The van der Waals surface area contributed by atoms with Crippen LogP contribution in [-0.2, 0) is 0 Å². The number of nitrogens with one attached hydrogen (secondary N) is 1. The van der Waals surface area contributed by atoms with Gasteiger partial charge in [0.25, 0.3) is 0 Å². The molecule has 2 nitrogen and oxygen atoms in total. The van der Waals surface area contributed by atoms with Gasteiger partial charge in [-0.25, -0.2) is 0 Å². The van der Waals surface area contributed by atoms with Crippen molar-refractivity contribution in [1.82, 2.24) is 0 Å². The molecule has 3 N–H and O–H groups in total. The van der Waals surface area contributed by atoms with Crippen molar-refractivity contribution < 1.29 is 0 Å². The van der Waals surface area contributed by atoms with Gasteiger partial charge >= 0.3 is 0 Å². The smallest absolute Gasteiger partial charge is 0.0905 e. The first kappa shape index (κ1) is 6.76. The molecule has 0 aliphatic rings. The van der Waals surface area contributed by atoms with Crippen molar-refractivity contribution in [2.75, 3.05) is 5.88 Å². The highest BCUT2D eigenvalue weighted by Gasteiger charge is 1.84. The summed E-state index contributed by atoms with van der Waals surface area (Å²) in [5.74, 6) is 0.820. The third-order valence-electron chi connectivity index (χ3n) is 0.580. The molecule has 0 saturated heterocycles. The van der Waals surface area contributed by atoms with Crippen LogP contribution in [0.5, 0.6) is 0 Å². The fraction of sp³-hybridized carbons (Fsp3) is 0.750. The van der Waals surface area contributed by atoms with Crippen LogP contribution < -0.4 is 5.73 Å². The molecule has 0 aromatic heterocycles. The fourth-order valence-electron chi connectivity index (χ4n) is 0.257. The number of hydrogen-bond acceptors (Lipinski definition) is 1. The van der Waals surface area contributed by atoms with E-state index in [1.807, 2.05) is 0 Å². The lowest BCUT2D eigenvalue weighted by Crippen LogP contribution is -2.08. The average Bonchev–Trinajstić information content (AvgIpc) is 1.61. The molecule has 42 valence electrons. The molecule has 0 amide bonds. The number of rotatable bonds is 3. The Hall–Kier alpha value is -0.240. The van der Waals surface area contributed by atoms with E-state index in [-0.39, 0.29) is 5.84 Å². The minimum Gasteiger partial charge on any atom is -0.388 e. The zero-order valence-corrected chi connectivity index (χ0v) is 4.83. The molecule has 0 rings (SSSR count). The zero-order valence-electron chi connectivity index (χ0n) is 4.08. The minimum atomic E-state index is 0.223. The Kier molecular flexibility index (Phi) is 3.80. The first-order valence-electron chi connectivity index (χ1n) is 2.16. The van der Waals surface area contributed by atoms with Crippen molar-refractivity contribution in [2.24, 2.45) is 5.73 Å². The molecule has 3 heteroatoms. The van der Waals surface area contributed by atoms with Gasteiger partial charge in [0.2, 0.25) is 0 Å². The summed E-state index contributed by atoms with van der Waals surface area (Å²) < 4.78 is 0. The Labute approximate surface area is 48.2 Å². The highest BCUT2D eigenvalue weighted by molar-refractivity contribution is 6.17. The van der Waals surface area contributed by atoms with Gasteiger partial charge < -0.3 is 5.73 Å². The second-order valence-electron chi connectivity index (χ2n) is 1.32. The Morgan fingerprint density at radius 1 is 1.71 bits per heavy atom. The van der Waals surface area contributed by atoms with Gasteiger partial charge in [-0.3, -0.25) is 5.41 Å². The summed E-state index contributed by atoms with van der Waals surface area (Å²) in [6.45, 7) is 0. The van der Waals surface area contributed by atoms with E-state index in [0.717, 1.165) is 6.42 Å². The molecule has 0 heterocycles. The van der Waals surface area contributed by atoms with Gasteiger partial charge in [0.05, 0.1) is 5.84 Å². The van der Waals surface area contributed by atoms with Crippen LogP contribution in [0.25, 0.3) is 0 Å². The number of nitrogens with two attached hydrogens (primary N) is 1. The Balaban J connectivity index is 2.82. The topological polar surface area (TPSA) is 49.9 Å². The highest BCUT2D eigenvalue weighted by Crippen LogP contribution is 1.88. The maximum Gasteiger partial charge on any atom is 0.0905 e. The van der Waals surface area contributed by atoms with Gasteiger partial charge in [0, 0.05) is 12.3 Å². The largest absolute Gasteiger partial charge is 0.388 e. The fourth-order valence-corrected chi connectivity index (χ4v) is 0.391. The SMILES string of the molecule is N=C(N)CCCCl. The predicted octanol–water partition coefficient (Wildman–Crippen LogP) is 0.941. The maximum atomic E-state index is 6.72. The molecule has 0 aliphatic heterocycles. The van der Waals surface area contributed by atoms with E-state index in [0.29, 0.717) is 12.3 Å². The first-order chi connectivity index (χ1) is 3.27. The van der Waals surface area contributed by atoms with Crippen molar-refractivity contribution in [3.63, 3.8) is 0 Å². The number of alkyl halides is 1. The van der Waals surface area contributed by atoms with Crippen molar-refractivity contribution in [3.05, 3.63) is 0 Å². The summed E-state index contributed by atoms with van der Waals surface area (Å²) in [5.41, 5.74) is 5.00. The van der Waals surface area contributed by atoms with Gasteiger partial charge in [0.1, 0.15) is 0 Å². The van der Waals surface area contributed by atoms with E-state index >= 15 is 0 Å². The van der Waals surface area contributed by atoms with Crippen LogP contribution in [0.3, 0.4) is 0 Å². The maximum absolute atomic E-state index is 6.72. The zero-order chi connectivity index (χ0) is 5.70. The summed E-state index contributed by atoms with van der Waals surface area (Å²) in [4.78, 5) is 0. The van der Waals surface area contributed by atoms with Gasteiger partial charge in [0.15, 0.2) is 0 Å². The summed E-state index contributed by atoms with van der Waals surface area (Å²) in [6.07, 6.45) is 1.44. The third-order valence-corrected chi connectivity index (χ3v) is 0.847. The molecule has 0 saturated carbocycles. The van der Waals surface area contributed by atoms with Gasteiger partial charge in [-0.1, -0.05) is 0 Å².